The molecule has 722 valence electrons. The molecule has 0 aliphatic carbocycles. The Bertz CT molecular complexity index is 5250. The van der Waals surface area contributed by atoms with E-state index in [1.807, 2.05) is 0 Å². The Morgan fingerprint density at radius 3 is 1.66 bits per heavy atom. The maximum Gasteiger partial charge on any atom is 0.305 e. The summed E-state index contributed by atoms with van der Waals surface area (Å²) in [5.41, 5.74) is 12.8. The molecule has 4 heterocycles. The number of unbranched alkanes of at least 4 members (excludes halogenated alkanes) is 1. The number of nitrogens with zero attached hydrogens (tertiary/aromatic N) is 5. The van der Waals surface area contributed by atoms with Crippen LogP contribution in [0.1, 0.15) is 133 Å². The van der Waals surface area contributed by atoms with E-state index in [-0.39, 0.29) is 88.6 Å². The second kappa shape index (κ2) is 48.8. The normalized spacial score (nSPS) is 23.6. The van der Waals surface area contributed by atoms with Crippen molar-refractivity contribution in [1.82, 2.24) is 77.3 Å². The number of carbonyl (C=O) groups is 17. The Balaban J connectivity index is 1.14. The summed E-state index contributed by atoms with van der Waals surface area (Å²) in [6.07, 6.45) is -1.71. The van der Waals surface area contributed by atoms with E-state index in [0.29, 0.717) is 64.3 Å². The number of benzene rings is 5. The van der Waals surface area contributed by atoms with Gasteiger partial charge in [0.2, 0.25) is 94.5 Å². The number of H-pyrrole nitrogens is 1. The van der Waals surface area contributed by atoms with Crippen molar-refractivity contribution in [3.8, 4) is 5.75 Å². The predicted octanol–water partition coefficient (Wildman–Crippen LogP) is 2.27. The number of hydrogen-bond donors (Lipinski definition) is 14. The van der Waals surface area contributed by atoms with Crippen LogP contribution in [-0.4, -0.2) is 271 Å². The molecule has 13 atom stereocenters. The highest BCUT2D eigenvalue weighted by atomic mass is 32.2. The van der Waals surface area contributed by atoms with Crippen LogP contribution in [0.15, 0.2) is 121 Å². The number of amides is 16. The summed E-state index contributed by atoms with van der Waals surface area (Å²) in [6, 6.07) is 4.60. The van der Waals surface area contributed by atoms with Gasteiger partial charge in [0.05, 0.1) is 25.1 Å². The number of aromatic nitrogens is 1. The molecule has 0 spiro atoms. The van der Waals surface area contributed by atoms with Crippen molar-refractivity contribution in [1.29, 1.82) is 0 Å². The van der Waals surface area contributed by atoms with Crippen LogP contribution in [0.2, 0.25) is 0 Å². The number of nitrogens with one attached hydrogen (secondary N) is 10. The molecule has 3 aliphatic rings. The Morgan fingerprint density at radius 2 is 1.04 bits per heavy atom. The number of primary amides is 2. The minimum absolute atomic E-state index is 0.0590. The van der Waals surface area contributed by atoms with Gasteiger partial charge < -0.3 is 99.0 Å². The molecule has 5 aromatic carbocycles. The fourth-order valence-electron chi connectivity index (χ4n) is 16.5. The Labute approximate surface area is 775 Å². The van der Waals surface area contributed by atoms with Gasteiger partial charge in [0.25, 0.3) is 0 Å². The largest absolute Gasteiger partial charge is 0.508 e. The van der Waals surface area contributed by atoms with Crippen molar-refractivity contribution in [3.63, 3.8) is 0 Å². The van der Waals surface area contributed by atoms with Gasteiger partial charge in [0.15, 0.2) is 17.5 Å². The van der Waals surface area contributed by atoms with Crippen molar-refractivity contribution < 1.29 is 109 Å². The number of aromatic hydroxyl groups is 1. The number of fused-ring (bicyclic) bond motifs is 3. The fraction of sp³-hybridized carbons (Fsp3) is 0.473. The summed E-state index contributed by atoms with van der Waals surface area (Å²) < 4.78 is 59.8. The molecule has 0 unspecified atom stereocenters. The molecule has 41 heteroatoms. The van der Waals surface area contributed by atoms with Gasteiger partial charge >= 0.3 is 5.97 Å². The molecule has 16 amide bonds. The number of para-hydroxylation sites is 1. The van der Waals surface area contributed by atoms with Crippen LogP contribution in [0.25, 0.3) is 10.9 Å². The van der Waals surface area contributed by atoms with Gasteiger partial charge in [-0.3, -0.25) is 81.5 Å². The number of carboxylic acids is 1. The number of carboxylic acid groups (broad SMARTS) is 1. The van der Waals surface area contributed by atoms with Gasteiger partial charge in [-0.15, -0.1) is 11.8 Å². The SMILES string of the molecule is CCCC[C@H]1C(=O)N2CCC[C@@H]2C(=O)N[C@@H](CC(N)=O)C(=O)N[C@H](C(C)C)C(=O)N(C)[C@@H](Cc2ccccc2)C(=O)N[C@@H](CC(=O)O)C(=O)N2CCCC[C@@H]2C(=O)N[C@H](Cc2c[nH]c3ccccc23)C(=O)N[C@@H](Cc2ccc(O)cc2)C(=O)N[C@@H](CC(C)C)C(=O)N[C@H](C(=O)NCC(N)=O)CSCC(=O)N[C@@H](Cc2cc(F)c(F)c(F)c2)C(=O)N(C)[C@@H](Cc2ccc(F)cc2)C(=O)N1C. The van der Waals surface area contributed by atoms with Gasteiger partial charge in [-0.25, -0.2) is 17.6 Å². The number of hydrogen-bond acceptors (Lipinski definition) is 19. The van der Waals surface area contributed by atoms with Crippen LogP contribution < -0.4 is 59.3 Å². The van der Waals surface area contributed by atoms with Gasteiger partial charge in [0, 0.05) is 89.2 Å². The molecule has 0 radical (unpaired) electrons. The zero-order valence-corrected chi connectivity index (χ0v) is 76.5. The lowest BCUT2D eigenvalue weighted by Gasteiger charge is -2.38. The summed E-state index contributed by atoms with van der Waals surface area (Å²) in [4.78, 5) is 259. The topological polar surface area (TPSA) is 523 Å². The van der Waals surface area contributed by atoms with E-state index >= 15 is 56.7 Å². The Hall–Kier alpha value is -13.5. The second-order valence-corrected chi connectivity index (χ2v) is 35.6. The van der Waals surface area contributed by atoms with E-state index < -0.39 is 263 Å². The smallest absolute Gasteiger partial charge is 0.305 e. The monoisotopic (exact) mass is 1880 g/mol. The van der Waals surface area contributed by atoms with Crippen LogP contribution in [0, 0.1) is 35.1 Å². The average molecular weight is 1890 g/mol. The second-order valence-electron chi connectivity index (χ2n) is 34.6. The van der Waals surface area contributed by atoms with Gasteiger partial charge in [-0.05, 0) is 127 Å². The maximum atomic E-state index is 15.7. The molecule has 16 N–H and O–H groups in total. The highest BCUT2D eigenvalue weighted by Crippen LogP contribution is 2.29. The van der Waals surface area contributed by atoms with Gasteiger partial charge in [-0.2, -0.15) is 0 Å². The van der Waals surface area contributed by atoms with Gasteiger partial charge in [0.1, 0.15) is 90.1 Å². The number of halogens is 4. The number of phenols is 1. The van der Waals surface area contributed by atoms with Crippen LogP contribution in [0.5, 0.6) is 5.75 Å². The molecule has 134 heavy (non-hydrogen) atoms. The number of nitrogens with two attached hydrogens (primary N) is 2. The third-order valence-corrected chi connectivity index (χ3v) is 24.8. The van der Waals surface area contributed by atoms with Crippen molar-refractivity contribution in [2.75, 3.05) is 52.3 Å². The first-order chi connectivity index (χ1) is 63.6. The first kappa shape index (κ1) is 104. The summed E-state index contributed by atoms with van der Waals surface area (Å²) in [5, 5.41) is 44.8. The summed E-state index contributed by atoms with van der Waals surface area (Å²) in [5.74, 6) is -26.9. The molecular weight excluding hydrogens is 1770 g/mol. The zero-order chi connectivity index (χ0) is 98.1. The molecule has 0 saturated carbocycles. The number of aromatic amines is 1. The summed E-state index contributed by atoms with van der Waals surface area (Å²) >= 11 is 0.641. The average Bonchev–Trinajstić information content (AvgIpc) is 1.57. The van der Waals surface area contributed by atoms with Crippen LogP contribution in [0.3, 0.4) is 0 Å². The molecule has 1 aromatic heterocycles. The molecule has 3 fully saturated rings. The van der Waals surface area contributed by atoms with E-state index in [0.717, 1.165) is 43.7 Å². The van der Waals surface area contributed by atoms with Crippen molar-refractivity contribution in [2.24, 2.45) is 23.3 Å². The Morgan fingerprint density at radius 1 is 0.507 bits per heavy atom. The molecule has 0 bridgehead atoms. The zero-order valence-electron chi connectivity index (χ0n) is 75.7. The van der Waals surface area contributed by atoms with Crippen molar-refractivity contribution >= 4 is 123 Å². The minimum atomic E-state index is -1.97. The summed E-state index contributed by atoms with van der Waals surface area (Å²) in [7, 11) is 3.58. The highest BCUT2D eigenvalue weighted by molar-refractivity contribution is 8.00. The van der Waals surface area contributed by atoms with Gasteiger partial charge in [-0.1, -0.05) is 120 Å². The van der Waals surface area contributed by atoms with E-state index in [1.54, 1.807) is 81.6 Å². The molecule has 3 saturated heterocycles. The molecule has 9 rings (SSSR count). The van der Waals surface area contributed by atoms with E-state index in [9.17, 15) is 52.6 Å². The highest BCUT2D eigenvalue weighted by Gasteiger charge is 2.46. The van der Waals surface area contributed by atoms with E-state index in [4.69, 9.17) is 11.5 Å². The molecule has 6 aromatic rings. The van der Waals surface area contributed by atoms with Crippen LogP contribution >= 0.6 is 11.8 Å². The van der Waals surface area contributed by atoms with Crippen molar-refractivity contribution in [3.05, 3.63) is 173 Å². The van der Waals surface area contributed by atoms with Crippen LogP contribution in [0.4, 0.5) is 17.6 Å². The lowest BCUT2D eigenvalue weighted by molar-refractivity contribution is -0.152. The first-order valence-corrected chi connectivity index (χ1v) is 45.5. The first-order valence-electron chi connectivity index (χ1n) is 44.3. The number of thioether (sulfide) groups is 1. The molecular formula is C93H117F4N17O19S. The third kappa shape index (κ3) is 28.8. The van der Waals surface area contributed by atoms with Crippen LogP contribution in [-0.2, 0) is 114 Å². The number of rotatable bonds is 23. The quantitative estimate of drug-likeness (QED) is 0.0323. The number of carbonyl (C=O) groups excluding carboxylic acids is 16. The predicted molar refractivity (Wildman–Crippen MR) is 483 cm³/mol. The third-order valence-electron chi connectivity index (χ3n) is 23.7. The van der Waals surface area contributed by atoms with Crippen molar-refractivity contribution in [2.45, 2.75) is 216 Å². The van der Waals surface area contributed by atoms with E-state index in [1.165, 1.54) is 64.3 Å². The minimum Gasteiger partial charge on any atom is -0.508 e. The summed E-state index contributed by atoms with van der Waals surface area (Å²) in [6.45, 7) is 7.09. The number of likely N-dealkylation sites (N-methyl/N-ethyl adjacent to an activating group) is 3. The standard InChI is InChI=1S/C93H117F4N17O19S/c1-9-10-23-72-92(132)114-35-18-25-71(114)87(127)106-66(44-75(98)116)85(125)109-80(51(4)5)93(133)111(7)73(41-52-19-12-11-13-20-52)88(128)107-68(45-78(119)120)90(130)113-34-17-16-24-70(113)86(126)105-65(43-56-46-100-62-22-15-14-21-59(56)62)84(124)104-64(39-53-28-32-58(115)33-29-53)83(123)103-63(36-50(2)3)82(122)108-69(81(121)101-47-76(99)117)48-134-49-77(118)102-67(40-55-37-60(95)79(97)61(96)38-55)89(129)112(8)74(91(131)110(72)6)42-54-26-30-57(94)31-27-54/h11-15,19-22,26-33,37-38,46,50-51,63-74,80,100,115H,9-10,16-18,23-25,34-36,39-45,47-49H2,1-8H3,(H2,98,116)(H2,99,117)(H,101,121)(H,102,118)(H,103,123)(H,104,124)(H,105,126)(H,106,127)(H,107,128)(H,108,122)(H,109,125)(H,119,120)/t63-,64-,65+,66-,67-,68-,69-,70+,71+,72-,73-,74-,80+/m0/s1. The lowest BCUT2D eigenvalue weighted by Crippen LogP contribution is -2.63. The van der Waals surface area contributed by atoms with E-state index in [2.05, 4.69) is 52.8 Å². The Kier molecular flexibility index (Phi) is 37.9. The lowest BCUT2D eigenvalue weighted by atomic mass is 9.97. The fourth-order valence-corrected chi connectivity index (χ4v) is 17.4. The number of phenolic OH excluding ortho intramolecular Hbond substituents is 1. The molecule has 36 nitrogen and oxygen atoms in total. The number of piperidine rings is 1. The molecule has 3 aliphatic heterocycles. The maximum absolute atomic E-state index is 15.7. The number of aliphatic carboxylic acids is 1.